The van der Waals surface area contributed by atoms with Crippen molar-refractivity contribution in [3.8, 4) is 0 Å². The minimum absolute atomic E-state index is 0.164. The summed E-state index contributed by atoms with van der Waals surface area (Å²) < 4.78 is 26.4. The number of hydrogen-bond donors (Lipinski definition) is 1. The molecule has 0 unspecified atom stereocenters. The molecular weight excluding hydrogens is 406 g/mol. The van der Waals surface area contributed by atoms with Gasteiger partial charge >= 0.3 is 0 Å². The summed E-state index contributed by atoms with van der Waals surface area (Å²) in [6.45, 7) is 10.3. The summed E-state index contributed by atoms with van der Waals surface area (Å²) in [6, 6.07) is 10.3. The molecule has 5 nitrogen and oxygen atoms in total. The highest BCUT2D eigenvalue weighted by molar-refractivity contribution is 7.91. The van der Waals surface area contributed by atoms with Crippen LogP contribution in [-0.4, -0.2) is 18.4 Å². The molecule has 0 aliphatic carbocycles. The highest BCUT2D eigenvalue weighted by atomic mass is 32.2. The van der Waals surface area contributed by atoms with E-state index in [9.17, 15) is 8.42 Å². The average Bonchev–Trinajstić information content (AvgIpc) is 2.73. The third-order valence-electron chi connectivity index (χ3n) is 4.60. The third kappa shape index (κ3) is 5.47. The zero-order valence-electron chi connectivity index (χ0n) is 18.0. The second-order valence-electron chi connectivity index (χ2n) is 8.35. The van der Waals surface area contributed by atoms with Crippen LogP contribution in [0.25, 0.3) is 10.8 Å². The molecule has 2 heterocycles. The quantitative estimate of drug-likeness (QED) is 0.467. The number of benzene rings is 1. The Hall–Kier alpha value is -3.25. The number of hydrogen-bond acceptors (Lipinski definition) is 5. The van der Waals surface area contributed by atoms with Crippen LogP contribution in [0.2, 0.25) is 0 Å². The van der Waals surface area contributed by atoms with E-state index in [4.69, 9.17) is 0 Å². The van der Waals surface area contributed by atoms with Gasteiger partial charge in [-0.05, 0) is 36.1 Å². The molecule has 0 radical (unpaired) electrons. The smallest absolute Gasteiger partial charge is 0.208 e. The summed E-state index contributed by atoms with van der Waals surface area (Å²) in [5, 5.41) is 4.64. The molecule has 31 heavy (non-hydrogen) atoms. The highest BCUT2D eigenvalue weighted by Crippen LogP contribution is 2.31. The fourth-order valence-electron chi connectivity index (χ4n) is 3.07. The lowest BCUT2D eigenvalue weighted by atomic mass is 9.92. The number of fused-ring (bicyclic) bond motifs is 1. The Kier molecular flexibility index (Phi) is 6.71. The van der Waals surface area contributed by atoms with E-state index in [0.29, 0.717) is 11.2 Å². The molecule has 0 amide bonds. The van der Waals surface area contributed by atoms with Gasteiger partial charge in [0.15, 0.2) is 0 Å². The van der Waals surface area contributed by atoms with E-state index in [1.54, 1.807) is 12.1 Å². The molecule has 0 spiro atoms. The average molecular weight is 434 g/mol. The van der Waals surface area contributed by atoms with E-state index in [1.807, 2.05) is 30.4 Å². The maximum absolute atomic E-state index is 13.2. The van der Waals surface area contributed by atoms with Gasteiger partial charge in [-0.2, -0.15) is 0 Å². The summed E-state index contributed by atoms with van der Waals surface area (Å²) in [5.74, 6) is 0.581. The van der Waals surface area contributed by atoms with Crippen molar-refractivity contribution < 1.29 is 8.42 Å². The fraction of sp³-hybridized carbons (Fsp3) is 0.200. The van der Waals surface area contributed by atoms with Crippen molar-refractivity contribution in [2.24, 2.45) is 5.41 Å². The number of aromatic nitrogens is 2. The zero-order valence-corrected chi connectivity index (χ0v) is 18.9. The van der Waals surface area contributed by atoms with E-state index in [0.717, 1.165) is 17.5 Å². The number of nitrogens with zero attached hydrogens (tertiary/aromatic N) is 2. The minimum Gasteiger partial charge on any atom is -0.340 e. The van der Waals surface area contributed by atoms with Crippen molar-refractivity contribution >= 4 is 26.4 Å². The maximum Gasteiger partial charge on any atom is 0.208 e. The minimum atomic E-state index is -3.73. The van der Waals surface area contributed by atoms with Crippen LogP contribution in [0, 0.1) is 5.41 Å². The Morgan fingerprint density at radius 2 is 1.77 bits per heavy atom. The third-order valence-corrected chi connectivity index (χ3v) is 6.39. The first-order valence-corrected chi connectivity index (χ1v) is 11.5. The van der Waals surface area contributed by atoms with Crippen molar-refractivity contribution in [1.82, 2.24) is 9.97 Å². The second kappa shape index (κ2) is 9.27. The lowest BCUT2D eigenvalue weighted by Gasteiger charge is -2.15. The van der Waals surface area contributed by atoms with E-state index in [2.05, 4.69) is 48.7 Å². The molecule has 0 aliphatic rings. The monoisotopic (exact) mass is 433 g/mol. The highest BCUT2D eigenvalue weighted by Gasteiger charge is 2.22. The molecule has 2 aromatic heterocycles. The molecule has 0 atom stereocenters. The predicted octanol–water partition coefficient (Wildman–Crippen LogP) is 5.94. The standard InChI is InChI=1S/C25H27N3O2S/c1-5-9-19(10-8-15-25(2,3)4)28-24-22-12-7-6-11-21(22)23(18-27-24)31(29,30)20-13-16-26-17-14-20/h5-14,16-18H,1,15H2,2-4H3,(H,27,28)/b10-8-,19-9+. The fourth-order valence-corrected chi connectivity index (χ4v) is 4.46. The van der Waals surface area contributed by atoms with Crippen molar-refractivity contribution in [1.29, 1.82) is 0 Å². The summed E-state index contributed by atoms with van der Waals surface area (Å²) in [6.07, 6.45) is 12.9. The van der Waals surface area contributed by atoms with Crippen LogP contribution >= 0.6 is 0 Å². The molecule has 160 valence electrons. The largest absolute Gasteiger partial charge is 0.340 e. The van der Waals surface area contributed by atoms with Gasteiger partial charge in [-0.3, -0.25) is 4.98 Å². The van der Waals surface area contributed by atoms with Gasteiger partial charge in [0, 0.05) is 35.1 Å². The summed E-state index contributed by atoms with van der Waals surface area (Å²) in [7, 11) is -3.73. The number of sulfone groups is 1. The van der Waals surface area contributed by atoms with Crippen molar-refractivity contribution in [3.05, 3.63) is 91.6 Å². The van der Waals surface area contributed by atoms with Gasteiger partial charge in [-0.25, -0.2) is 13.4 Å². The molecule has 3 rings (SSSR count). The van der Waals surface area contributed by atoms with E-state index >= 15 is 0 Å². The second-order valence-corrected chi connectivity index (χ2v) is 10.3. The molecule has 0 aliphatic heterocycles. The molecule has 0 fully saturated rings. The molecular formula is C25H27N3O2S. The SMILES string of the molecule is C=C/C=C(\C=C/CC(C)(C)C)Nc1ncc(S(=O)(=O)c2ccncc2)c2ccccc12. The first kappa shape index (κ1) is 22.4. The van der Waals surface area contributed by atoms with Crippen LogP contribution < -0.4 is 5.32 Å². The van der Waals surface area contributed by atoms with Crippen LogP contribution in [0.5, 0.6) is 0 Å². The van der Waals surface area contributed by atoms with Crippen LogP contribution in [-0.2, 0) is 9.84 Å². The van der Waals surface area contributed by atoms with Crippen LogP contribution in [0.1, 0.15) is 27.2 Å². The molecule has 1 aromatic carbocycles. The summed E-state index contributed by atoms with van der Waals surface area (Å²) in [5.41, 5.74) is 1.01. The number of rotatable bonds is 7. The van der Waals surface area contributed by atoms with E-state index in [1.165, 1.54) is 30.7 Å². The van der Waals surface area contributed by atoms with Gasteiger partial charge in [0.05, 0.1) is 9.79 Å². The van der Waals surface area contributed by atoms with Crippen LogP contribution in [0.4, 0.5) is 5.82 Å². The van der Waals surface area contributed by atoms with Gasteiger partial charge in [0.1, 0.15) is 5.82 Å². The molecule has 6 heteroatoms. The number of allylic oxidation sites excluding steroid dienone is 4. The number of anilines is 1. The number of pyridine rings is 2. The van der Waals surface area contributed by atoms with Gasteiger partial charge in [-0.15, -0.1) is 0 Å². The lowest BCUT2D eigenvalue weighted by molar-refractivity contribution is 0.420. The van der Waals surface area contributed by atoms with Gasteiger partial charge in [0.2, 0.25) is 9.84 Å². The Bertz CT molecular complexity index is 1240. The number of nitrogens with one attached hydrogen (secondary N) is 1. The maximum atomic E-state index is 13.2. The van der Waals surface area contributed by atoms with E-state index < -0.39 is 9.84 Å². The van der Waals surface area contributed by atoms with Gasteiger partial charge in [-0.1, -0.05) is 63.8 Å². The molecule has 1 N–H and O–H groups in total. The Morgan fingerprint density at radius 3 is 2.42 bits per heavy atom. The Balaban J connectivity index is 2.03. The van der Waals surface area contributed by atoms with E-state index in [-0.39, 0.29) is 15.2 Å². The zero-order chi connectivity index (χ0) is 22.5. The van der Waals surface area contributed by atoms with Crippen molar-refractivity contribution in [3.63, 3.8) is 0 Å². The molecule has 3 aromatic rings. The Labute approximate surface area is 184 Å². The molecule has 0 bridgehead atoms. The lowest BCUT2D eigenvalue weighted by Crippen LogP contribution is -2.06. The Morgan fingerprint density at radius 1 is 1.10 bits per heavy atom. The van der Waals surface area contributed by atoms with Crippen molar-refractivity contribution in [2.45, 2.75) is 37.0 Å². The van der Waals surface area contributed by atoms with Gasteiger partial charge in [0.25, 0.3) is 0 Å². The first-order valence-electron chi connectivity index (χ1n) is 10.0. The van der Waals surface area contributed by atoms with Crippen molar-refractivity contribution in [2.75, 3.05) is 5.32 Å². The first-order chi connectivity index (χ1) is 14.7. The predicted molar refractivity (Wildman–Crippen MR) is 127 cm³/mol. The summed E-state index contributed by atoms with van der Waals surface area (Å²) in [4.78, 5) is 8.72. The normalized spacial score (nSPS) is 12.9. The molecule has 0 saturated carbocycles. The molecule has 0 saturated heterocycles. The van der Waals surface area contributed by atoms with Crippen LogP contribution in [0.15, 0.2) is 101 Å². The summed E-state index contributed by atoms with van der Waals surface area (Å²) >= 11 is 0. The van der Waals surface area contributed by atoms with Gasteiger partial charge < -0.3 is 5.32 Å². The van der Waals surface area contributed by atoms with Crippen LogP contribution in [0.3, 0.4) is 0 Å². The topological polar surface area (TPSA) is 72.0 Å².